The minimum Gasteiger partial charge on any atom is -0.392 e. The second kappa shape index (κ2) is 5.49. The van der Waals surface area contributed by atoms with E-state index in [1.807, 2.05) is 19.9 Å². The Bertz CT molecular complexity index is 381. The Morgan fingerprint density at radius 1 is 1.33 bits per heavy atom. The summed E-state index contributed by atoms with van der Waals surface area (Å²) < 4.78 is 0. The highest BCUT2D eigenvalue weighted by molar-refractivity contribution is 5.43. The topological polar surface area (TPSA) is 78.5 Å². The molecule has 0 bridgehead atoms. The van der Waals surface area contributed by atoms with Gasteiger partial charge in [-0.1, -0.05) is 0 Å². The van der Waals surface area contributed by atoms with Gasteiger partial charge in [0.1, 0.15) is 5.82 Å². The van der Waals surface area contributed by atoms with E-state index in [1.165, 1.54) is 0 Å². The lowest BCUT2D eigenvalue weighted by molar-refractivity contribution is 0.122. The molecule has 2 heterocycles. The number of aromatic nitrogens is 2. The summed E-state index contributed by atoms with van der Waals surface area (Å²) in [7, 11) is 0. The van der Waals surface area contributed by atoms with Crippen LogP contribution in [0.4, 0.5) is 11.8 Å². The minimum atomic E-state index is -0.270. The Kier molecular flexibility index (Phi) is 3.98. The zero-order chi connectivity index (χ0) is 13.1. The lowest BCUT2D eigenvalue weighted by atomic mass is 10.2. The molecule has 0 aliphatic carbocycles. The van der Waals surface area contributed by atoms with Crippen molar-refractivity contribution in [3.8, 4) is 0 Å². The van der Waals surface area contributed by atoms with Crippen molar-refractivity contribution in [3.05, 3.63) is 11.8 Å². The van der Waals surface area contributed by atoms with E-state index in [0.29, 0.717) is 5.95 Å². The smallest absolute Gasteiger partial charge is 0.222 e. The van der Waals surface area contributed by atoms with E-state index in [4.69, 9.17) is 5.73 Å². The summed E-state index contributed by atoms with van der Waals surface area (Å²) in [5, 5.41) is 9.37. The zero-order valence-corrected chi connectivity index (χ0v) is 11.0. The number of hydrogen-bond acceptors (Lipinski definition) is 6. The quantitative estimate of drug-likeness (QED) is 0.779. The first-order valence-electron chi connectivity index (χ1n) is 6.31. The summed E-state index contributed by atoms with van der Waals surface area (Å²) in [5.74, 6) is 1.23. The van der Waals surface area contributed by atoms with Crippen LogP contribution >= 0.6 is 0 Å². The summed E-state index contributed by atoms with van der Waals surface area (Å²) in [6.45, 7) is 8.16. The third-order valence-corrected chi connectivity index (χ3v) is 3.08. The second-order valence-electron chi connectivity index (χ2n) is 4.86. The largest absolute Gasteiger partial charge is 0.392 e. The van der Waals surface area contributed by atoms with Crippen molar-refractivity contribution in [2.24, 2.45) is 0 Å². The summed E-state index contributed by atoms with van der Waals surface area (Å²) in [5.41, 5.74) is 6.56. The average Bonchev–Trinajstić information content (AvgIpc) is 2.27. The number of hydrogen-bond donors (Lipinski definition) is 2. The van der Waals surface area contributed by atoms with Gasteiger partial charge in [0, 0.05) is 44.5 Å². The van der Waals surface area contributed by atoms with Gasteiger partial charge in [0.2, 0.25) is 5.95 Å². The van der Waals surface area contributed by atoms with Crippen LogP contribution in [0.3, 0.4) is 0 Å². The van der Waals surface area contributed by atoms with Gasteiger partial charge >= 0.3 is 0 Å². The number of nitrogen functional groups attached to an aromatic ring is 1. The Labute approximate surface area is 107 Å². The van der Waals surface area contributed by atoms with Gasteiger partial charge in [-0.05, 0) is 13.8 Å². The van der Waals surface area contributed by atoms with Crippen molar-refractivity contribution >= 4 is 11.8 Å². The molecular weight excluding hydrogens is 230 g/mol. The van der Waals surface area contributed by atoms with Crippen molar-refractivity contribution in [2.75, 3.05) is 43.4 Å². The molecule has 3 N–H and O–H groups in total. The van der Waals surface area contributed by atoms with Crippen molar-refractivity contribution in [3.63, 3.8) is 0 Å². The summed E-state index contributed by atoms with van der Waals surface area (Å²) in [6, 6.07) is 1.96. The highest BCUT2D eigenvalue weighted by Crippen LogP contribution is 2.15. The van der Waals surface area contributed by atoms with Crippen LogP contribution in [0, 0.1) is 6.92 Å². The minimum absolute atomic E-state index is 0.270. The first-order valence-corrected chi connectivity index (χ1v) is 6.31. The molecule has 6 nitrogen and oxygen atoms in total. The SMILES string of the molecule is Cc1cc(N2CCN(CC(C)O)CC2)nc(N)n1. The highest BCUT2D eigenvalue weighted by Gasteiger charge is 2.19. The van der Waals surface area contributed by atoms with Gasteiger partial charge in [-0.3, -0.25) is 4.90 Å². The molecule has 100 valence electrons. The van der Waals surface area contributed by atoms with E-state index in [-0.39, 0.29) is 6.10 Å². The highest BCUT2D eigenvalue weighted by atomic mass is 16.3. The molecule has 18 heavy (non-hydrogen) atoms. The predicted molar refractivity (Wildman–Crippen MR) is 71.5 cm³/mol. The van der Waals surface area contributed by atoms with Gasteiger partial charge in [-0.25, -0.2) is 4.98 Å². The number of aliphatic hydroxyl groups excluding tert-OH is 1. The van der Waals surface area contributed by atoms with Crippen molar-refractivity contribution < 1.29 is 5.11 Å². The van der Waals surface area contributed by atoms with Gasteiger partial charge in [-0.2, -0.15) is 4.98 Å². The molecule has 1 aliphatic rings. The maximum Gasteiger partial charge on any atom is 0.222 e. The number of anilines is 2. The van der Waals surface area contributed by atoms with Crippen molar-refractivity contribution in [2.45, 2.75) is 20.0 Å². The number of β-amino-alcohol motifs (C(OH)–C–C–N with tert-alkyl or cyclic N) is 1. The monoisotopic (exact) mass is 251 g/mol. The fourth-order valence-corrected chi connectivity index (χ4v) is 2.27. The molecule has 0 amide bonds. The van der Waals surface area contributed by atoms with Gasteiger partial charge in [-0.15, -0.1) is 0 Å². The number of nitrogens with zero attached hydrogens (tertiary/aromatic N) is 4. The normalized spacial score (nSPS) is 18.9. The summed E-state index contributed by atoms with van der Waals surface area (Å²) >= 11 is 0. The molecule has 1 aromatic rings. The predicted octanol–water partition coefficient (Wildman–Crippen LogP) is -0.130. The lowest BCUT2D eigenvalue weighted by Crippen LogP contribution is -2.48. The molecule has 0 spiro atoms. The number of piperazine rings is 1. The fraction of sp³-hybridized carbons (Fsp3) is 0.667. The van der Waals surface area contributed by atoms with Crippen LogP contribution in [0.25, 0.3) is 0 Å². The van der Waals surface area contributed by atoms with Crippen LogP contribution in [0.1, 0.15) is 12.6 Å². The number of aliphatic hydroxyl groups is 1. The average molecular weight is 251 g/mol. The van der Waals surface area contributed by atoms with Crippen LogP contribution in [0.5, 0.6) is 0 Å². The van der Waals surface area contributed by atoms with Gasteiger partial charge in [0.25, 0.3) is 0 Å². The molecule has 1 saturated heterocycles. The maximum absolute atomic E-state index is 9.37. The molecule has 1 atom stereocenters. The number of rotatable bonds is 3. The van der Waals surface area contributed by atoms with E-state index < -0.39 is 0 Å². The summed E-state index contributed by atoms with van der Waals surface area (Å²) in [6.07, 6.45) is -0.270. The fourth-order valence-electron chi connectivity index (χ4n) is 2.27. The summed E-state index contributed by atoms with van der Waals surface area (Å²) in [4.78, 5) is 12.8. The number of aryl methyl sites for hydroxylation is 1. The van der Waals surface area contributed by atoms with E-state index in [2.05, 4.69) is 19.8 Å². The third kappa shape index (κ3) is 3.30. The van der Waals surface area contributed by atoms with Gasteiger partial charge < -0.3 is 15.7 Å². The van der Waals surface area contributed by atoms with Crippen LogP contribution in [0.15, 0.2) is 6.07 Å². The first-order chi connectivity index (χ1) is 8.54. The van der Waals surface area contributed by atoms with Crippen molar-refractivity contribution in [1.82, 2.24) is 14.9 Å². The molecule has 1 aliphatic heterocycles. The molecule has 1 aromatic heterocycles. The molecule has 0 radical (unpaired) electrons. The third-order valence-electron chi connectivity index (χ3n) is 3.08. The Morgan fingerprint density at radius 3 is 2.56 bits per heavy atom. The Morgan fingerprint density at radius 2 is 2.00 bits per heavy atom. The molecule has 2 rings (SSSR count). The van der Waals surface area contributed by atoms with E-state index in [0.717, 1.165) is 44.2 Å². The molecule has 1 fully saturated rings. The Hall–Kier alpha value is -1.40. The van der Waals surface area contributed by atoms with E-state index in [9.17, 15) is 5.11 Å². The number of nitrogens with two attached hydrogens (primary N) is 1. The first kappa shape index (κ1) is 13.0. The second-order valence-corrected chi connectivity index (χ2v) is 4.86. The molecule has 1 unspecified atom stereocenters. The zero-order valence-electron chi connectivity index (χ0n) is 11.0. The van der Waals surface area contributed by atoms with E-state index >= 15 is 0 Å². The molecule has 6 heteroatoms. The molecule has 0 saturated carbocycles. The standard InChI is InChI=1S/C12H21N5O/c1-9-7-11(15-12(13)14-9)17-5-3-16(4-6-17)8-10(2)18/h7,10,18H,3-6,8H2,1-2H3,(H2,13,14,15). The molecule has 0 aromatic carbocycles. The molecular formula is C12H21N5O. The van der Waals surface area contributed by atoms with Crippen LogP contribution in [-0.4, -0.2) is 58.8 Å². The van der Waals surface area contributed by atoms with Crippen LogP contribution < -0.4 is 10.6 Å². The van der Waals surface area contributed by atoms with E-state index in [1.54, 1.807) is 0 Å². The lowest BCUT2D eigenvalue weighted by Gasteiger charge is -2.35. The van der Waals surface area contributed by atoms with Gasteiger partial charge in [0.15, 0.2) is 0 Å². The van der Waals surface area contributed by atoms with Gasteiger partial charge in [0.05, 0.1) is 6.10 Å². The van der Waals surface area contributed by atoms with Crippen molar-refractivity contribution in [1.29, 1.82) is 0 Å². The van der Waals surface area contributed by atoms with Crippen LogP contribution in [0.2, 0.25) is 0 Å². The van der Waals surface area contributed by atoms with Crippen LogP contribution in [-0.2, 0) is 0 Å². The Balaban J connectivity index is 1.96. The maximum atomic E-state index is 9.37.